The molecule has 2 aliphatic heterocycles. The van der Waals surface area contributed by atoms with Crippen molar-refractivity contribution >= 4 is 17.6 Å². The third kappa shape index (κ3) is 5.76. The zero-order valence-electron chi connectivity index (χ0n) is 19.9. The number of guanidine groups is 2. The van der Waals surface area contributed by atoms with Gasteiger partial charge in [-0.25, -0.2) is 9.38 Å². The highest BCUT2D eigenvalue weighted by atomic mass is 19.1. The molecule has 0 spiro atoms. The van der Waals surface area contributed by atoms with Crippen LogP contribution in [0.4, 0.5) is 10.1 Å². The normalized spacial score (nSPS) is 28.1. The number of likely N-dealkylation sites (tertiary alicyclic amines) is 1. The molecule has 9 heteroatoms. The van der Waals surface area contributed by atoms with Crippen LogP contribution in [0.15, 0.2) is 28.2 Å². The minimum absolute atomic E-state index is 0.201. The van der Waals surface area contributed by atoms with Crippen molar-refractivity contribution in [2.75, 3.05) is 32.1 Å². The van der Waals surface area contributed by atoms with Gasteiger partial charge in [0.15, 0.2) is 17.4 Å². The number of rotatable bonds is 6. The largest absolute Gasteiger partial charge is 0.494 e. The topological polar surface area (TPSA) is 99.3 Å². The van der Waals surface area contributed by atoms with Crippen LogP contribution in [0.2, 0.25) is 0 Å². The molecular formula is C24H38FN7O. The number of hydrogen-bond donors (Lipinski definition) is 4. The summed E-state index contributed by atoms with van der Waals surface area (Å²) in [4.78, 5) is 12.2. The predicted octanol–water partition coefficient (Wildman–Crippen LogP) is 3.22. The number of aliphatic imine (C=N–C) groups is 2. The van der Waals surface area contributed by atoms with Crippen molar-refractivity contribution in [3.05, 3.63) is 24.0 Å². The number of methoxy groups -OCH3 is 1. The van der Waals surface area contributed by atoms with E-state index in [1.807, 2.05) is 0 Å². The maximum absolute atomic E-state index is 14.2. The first-order valence-corrected chi connectivity index (χ1v) is 12.3. The van der Waals surface area contributed by atoms with E-state index in [0.29, 0.717) is 30.2 Å². The summed E-state index contributed by atoms with van der Waals surface area (Å²) >= 11 is 0. The molecule has 1 saturated carbocycles. The van der Waals surface area contributed by atoms with Crippen LogP contribution in [0.3, 0.4) is 0 Å². The minimum atomic E-state index is -0.956. The summed E-state index contributed by atoms with van der Waals surface area (Å²) in [5.74, 6) is 0.109. The molecule has 4 rings (SSSR count). The zero-order chi connectivity index (χ0) is 23.3. The molecule has 1 aromatic carbocycles. The first kappa shape index (κ1) is 23.8. The molecule has 0 aromatic heterocycles. The Hall–Kier alpha value is -2.39. The molecule has 0 radical (unpaired) electrons. The molecule has 2 fully saturated rings. The van der Waals surface area contributed by atoms with Crippen LogP contribution in [0.1, 0.15) is 58.3 Å². The van der Waals surface area contributed by atoms with Gasteiger partial charge >= 0.3 is 0 Å². The lowest BCUT2D eigenvalue weighted by atomic mass is 9.92. The Morgan fingerprint density at radius 3 is 2.73 bits per heavy atom. The second-order valence-electron chi connectivity index (χ2n) is 9.31. The van der Waals surface area contributed by atoms with Crippen LogP contribution in [0, 0.1) is 11.7 Å². The Balaban J connectivity index is 1.56. The fourth-order valence-electron chi connectivity index (χ4n) is 5.22. The summed E-state index contributed by atoms with van der Waals surface area (Å²) in [5.41, 5.74) is 7.45. The molecule has 1 aromatic rings. The molecule has 1 unspecified atom stereocenters. The Morgan fingerprint density at radius 2 is 2.03 bits per heavy atom. The van der Waals surface area contributed by atoms with Gasteiger partial charge in [-0.15, -0.1) is 0 Å². The molecule has 5 N–H and O–H groups in total. The van der Waals surface area contributed by atoms with Gasteiger partial charge in [-0.2, -0.15) is 0 Å². The third-order valence-electron chi connectivity index (χ3n) is 7.11. The minimum Gasteiger partial charge on any atom is -0.494 e. The monoisotopic (exact) mass is 459 g/mol. The Morgan fingerprint density at radius 1 is 1.24 bits per heavy atom. The zero-order valence-corrected chi connectivity index (χ0v) is 19.9. The lowest BCUT2D eigenvalue weighted by Crippen LogP contribution is -2.67. The number of nitrogens with one attached hydrogen (secondary N) is 3. The van der Waals surface area contributed by atoms with E-state index in [1.165, 1.54) is 32.4 Å². The average molecular weight is 460 g/mol. The molecule has 1 aliphatic carbocycles. The second-order valence-corrected chi connectivity index (χ2v) is 9.31. The van der Waals surface area contributed by atoms with Crippen LogP contribution in [-0.4, -0.2) is 55.4 Å². The van der Waals surface area contributed by atoms with Gasteiger partial charge in [0.1, 0.15) is 0 Å². The van der Waals surface area contributed by atoms with E-state index in [2.05, 4.69) is 27.8 Å². The van der Waals surface area contributed by atoms with Crippen molar-refractivity contribution in [2.45, 2.75) is 70.1 Å². The quantitative estimate of drug-likeness (QED) is 0.488. The van der Waals surface area contributed by atoms with Crippen molar-refractivity contribution in [2.24, 2.45) is 21.6 Å². The van der Waals surface area contributed by atoms with E-state index in [9.17, 15) is 4.39 Å². The molecule has 2 heterocycles. The van der Waals surface area contributed by atoms with E-state index in [-0.39, 0.29) is 11.7 Å². The summed E-state index contributed by atoms with van der Waals surface area (Å²) < 4.78 is 19.3. The van der Waals surface area contributed by atoms with Gasteiger partial charge in [0.05, 0.1) is 13.7 Å². The predicted molar refractivity (Wildman–Crippen MR) is 131 cm³/mol. The standard InChI is InChI=1S/C24H38FN7O/c1-3-32-14-8-11-19(32)16-27-22-29-23(28-18-12-13-21(33-2)20(25)15-18)31-24(26,30-22)17-9-6-4-5-7-10-17/h12-13,15,17,19H,3-11,14,16,26H2,1-2H3,(H3,27,28,29,30,31)/t19-,24?/m0/s1. The van der Waals surface area contributed by atoms with Gasteiger partial charge in [-0.05, 0) is 50.9 Å². The molecule has 182 valence electrons. The van der Waals surface area contributed by atoms with Gasteiger partial charge in [-0.3, -0.25) is 20.9 Å². The number of anilines is 1. The molecule has 33 heavy (non-hydrogen) atoms. The van der Waals surface area contributed by atoms with Crippen molar-refractivity contribution in [1.82, 2.24) is 15.5 Å². The van der Waals surface area contributed by atoms with Crippen LogP contribution >= 0.6 is 0 Å². The molecule has 2 atom stereocenters. The van der Waals surface area contributed by atoms with Crippen LogP contribution in [0.5, 0.6) is 5.75 Å². The van der Waals surface area contributed by atoms with Crippen molar-refractivity contribution in [3.63, 3.8) is 0 Å². The molecule has 8 nitrogen and oxygen atoms in total. The van der Waals surface area contributed by atoms with Gasteiger partial charge in [-0.1, -0.05) is 32.6 Å². The smallest absolute Gasteiger partial charge is 0.206 e. The van der Waals surface area contributed by atoms with E-state index in [4.69, 9.17) is 20.5 Å². The van der Waals surface area contributed by atoms with Crippen LogP contribution in [0.25, 0.3) is 0 Å². The number of ether oxygens (including phenoxy) is 1. The number of halogens is 1. The van der Waals surface area contributed by atoms with Gasteiger partial charge in [0.2, 0.25) is 11.9 Å². The summed E-state index contributed by atoms with van der Waals surface area (Å²) in [6.45, 7) is 5.07. The first-order chi connectivity index (χ1) is 16.0. The molecule has 0 bridgehead atoms. The summed E-state index contributed by atoms with van der Waals surface area (Å²) in [7, 11) is 1.45. The van der Waals surface area contributed by atoms with Crippen LogP contribution in [-0.2, 0) is 0 Å². The Labute approximate surface area is 196 Å². The molecular weight excluding hydrogens is 421 g/mol. The van der Waals surface area contributed by atoms with Gasteiger partial charge < -0.3 is 15.4 Å². The van der Waals surface area contributed by atoms with E-state index < -0.39 is 11.6 Å². The number of nitrogens with two attached hydrogens (primary N) is 1. The van der Waals surface area contributed by atoms with E-state index >= 15 is 0 Å². The SMILES string of the molecule is CCN1CCC[C@H]1CN=C1NC(Nc2ccc(OC)c(F)c2)=NC(N)(C2CCCCCC2)N1. The second kappa shape index (κ2) is 10.7. The maximum Gasteiger partial charge on any atom is 0.206 e. The van der Waals surface area contributed by atoms with Crippen molar-refractivity contribution < 1.29 is 9.13 Å². The van der Waals surface area contributed by atoms with E-state index in [0.717, 1.165) is 45.2 Å². The molecule has 0 amide bonds. The number of hydrogen-bond acceptors (Lipinski definition) is 6. The third-order valence-corrected chi connectivity index (χ3v) is 7.11. The van der Waals surface area contributed by atoms with Crippen molar-refractivity contribution in [3.8, 4) is 5.75 Å². The van der Waals surface area contributed by atoms with Crippen molar-refractivity contribution in [1.29, 1.82) is 0 Å². The highest BCUT2D eigenvalue weighted by Crippen LogP contribution is 2.31. The van der Waals surface area contributed by atoms with Crippen LogP contribution < -0.4 is 26.4 Å². The molecule has 3 aliphatic rings. The Bertz CT molecular complexity index is 868. The summed E-state index contributed by atoms with van der Waals surface area (Å²) in [5, 5.41) is 9.84. The van der Waals surface area contributed by atoms with Gasteiger partial charge in [0, 0.05) is 23.7 Å². The number of likely N-dealkylation sites (N-methyl/N-ethyl adjacent to an activating group) is 1. The lowest BCUT2D eigenvalue weighted by molar-refractivity contribution is 0.226. The summed E-state index contributed by atoms with van der Waals surface area (Å²) in [6.07, 6.45) is 9.20. The summed E-state index contributed by atoms with van der Waals surface area (Å²) in [6, 6.07) is 5.19. The lowest BCUT2D eigenvalue weighted by Gasteiger charge is -2.39. The van der Waals surface area contributed by atoms with Gasteiger partial charge in [0.25, 0.3) is 0 Å². The number of nitrogens with zero attached hydrogens (tertiary/aromatic N) is 3. The fraction of sp³-hybridized carbons (Fsp3) is 0.667. The first-order valence-electron chi connectivity index (χ1n) is 12.3. The highest BCUT2D eigenvalue weighted by Gasteiger charge is 2.39. The fourth-order valence-corrected chi connectivity index (χ4v) is 5.22. The average Bonchev–Trinajstić information content (AvgIpc) is 3.07. The number of benzene rings is 1. The van der Waals surface area contributed by atoms with E-state index in [1.54, 1.807) is 12.1 Å². The maximum atomic E-state index is 14.2. The Kier molecular flexibility index (Phi) is 7.70. The molecule has 1 saturated heterocycles. The highest BCUT2D eigenvalue weighted by molar-refractivity contribution is 6.07.